The number of ether oxygens (including phenoxy) is 1. The van der Waals surface area contributed by atoms with Crippen LogP contribution in [0.5, 0.6) is 0 Å². The second kappa shape index (κ2) is 7.91. The Kier molecular flexibility index (Phi) is 6.14. The summed E-state index contributed by atoms with van der Waals surface area (Å²) in [6, 6.07) is 2.47. The van der Waals surface area contributed by atoms with Crippen molar-refractivity contribution in [2.75, 3.05) is 39.4 Å². The van der Waals surface area contributed by atoms with Crippen molar-refractivity contribution in [3.63, 3.8) is 0 Å². The smallest absolute Gasteiger partial charge is 0.251 e. The summed E-state index contributed by atoms with van der Waals surface area (Å²) in [5.74, 6) is -0.219. The van der Waals surface area contributed by atoms with Gasteiger partial charge in [0.2, 0.25) is 15.9 Å². The van der Waals surface area contributed by atoms with Gasteiger partial charge in [0, 0.05) is 38.4 Å². The van der Waals surface area contributed by atoms with E-state index in [0.717, 1.165) is 4.57 Å². The maximum atomic E-state index is 12.6. The predicted octanol–water partition coefficient (Wildman–Crippen LogP) is -0.262. The number of amides is 1. The quantitative estimate of drug-likeness (QED) is 0.700. The van der Waals surface area contributed by atoms with Gasteiger partial charge in [-0.15, -0.1) is 0 Å². The Morgan fingerprint density at radius 1 is 1.21 bits per heavy atom. The molecule has 0 N–H and O–H groups in total. The third kappa shape index (κ3) is 4.03. The Morgan fingerprint density at radius 3 is 2.42 bits per heavy atom. The fourth-order valence-electron chi connectivity index (χ4n) is 2.54. The highest BCUT2D eigenvalue weighted by Gasteiger charge is 2.27. The van der Waals surface area contributed by atoms with Crippen LogP contribution < -0.4 is 5.56 Å². The van der Waals surface area contributed by atoms with Crippen LogP contribution in [0.2, 0.25) is 0 Å². The third-order valence-corrected chi connectivity index (χ3v) is 5.87. The van der Waals surface area contributed by atoms with Crippen LogP contribution in [0, 0.1) is 0 Å². The summed E-state index contributed by atoms with van der Waals surface area (Å²) >= 11 is 0. The van der Waals surface area contributed by atoms with Crippen LogP contribution in [0.15, 0.2) is 28.0 Å². The molecule has 0 radical (unpaired) electrons. The van der Waals surface area contributed by atoms with Gasteiger partial charge in [-0.1, -0.05) is 0 Å². The topological polar surface area (TPSA) is 88.9 Å². The summed E-state index contributed by atoms with van der Waals surface area (Å²) in [6.07, 6.45) is 1.24. The van der Waals surface area contributed by atoms with E-state index >= 15 is 0 Å². The second-order valence-electron chi connectivity index (χ2n) is 5.41. The molecule has 0 spiro atoms. The number of hydrogen-bond acceptors (Lipinski definition) is 5. The summed E-state index contributed by atoms with van der Waals surface area (Å²) in [4.78, 5) is 25.8. The van der Waals surface area contributed by atoms with Crippen molar-refractivity contribution in [2.45, 2.75) is 25.3 Å². The zero-order chi connectivity index (χ0) is 17.7. The van der Waals surface area contributed by atoms with E-state index in [1.807, 2.05) is 13.8 Å². The lowest BCUT2D eigenvalue weighted by molar-refractivity contribution is -0.131. The first-order valence-corrected chi connectivity index (χ1v) is 9.40. The summed E-state index contributed by atoms with van der Waals surface area (Å²) < 4.78 is 32.9. The second-order valence-corrected chi connectivity index (χ2v) is 7.35. The van der Waals surface area contributed by atoms with E-state index in [-0.39, 0.29) is 30.4 Å². The van der Waals surface area contributed by atoms with Crippen molar-refractivity contribution in [1.29, 1.82) is 0 Å². The Hall–Kier alpha value is -1.71. The van der Waals surface area contributed by atoms with Crippen LogP contribution in [0.4, 0.5) is 0 Å². The minimum atomic E-state index is -3.70. The van der Waals surface area contributed by atoms with Crippen molar-refractivity contribution in [1.82, 2.24) is 13.8 Å². The first-order chi connectivity index (χ1) is 11.4. The molecule has 2 rings (SSSR count). The highest BCUT2D eigenvalue weighted by molar-refractivity contribution is 7.89. The molecule has 134 valence electrons. The molecule has 0 bridgehead atoms. The molecule has 0 saturated carbocycles. The first-order valence-electron chi connectivity index (χ1n) is 7.96. The molecule has 0 atom stereocenters. The number of rotatable bonds is 6. The van der Waals surface area contributed by atoms with Gasteiger partial charge in [0.05, 0.1) is 18.1 Å². The highest BCUT2D eigenvalue weighted by atomic mass is 32.2. The summed E-state index contributed by atoms with van der Waals surface area (Å²) in [7, 11) is -3.70. The largest absolute Gasteiger partial charge is 0.379 e. The van der Waals surface area contributed by atoms with E-state index in [0.29, 0.717) is 26.3 Å². The van der Waals surface area contributed by atoms with Gasteiger partial charge < -0.3 is 14.2 Å². The van der Waals surface area contributed by atoms with Gasteiger partial charge in [-0.05, 0) is 19.9 Å². The molecule has 1 aromatic rings. The van der Waals surface area contributed by atoms with Gasteiger partial charge in [0.25, 0.3) is 5.56 Å². The minimum absolute atomic E-state index is 0.0105. The maximum Gasteiger partial charge on any atom is 0.251 e. The molecule has 1 fully saturated rings. The molecule has 1 aromatic heterocycles. The molecule has 0 aliphatic carbocycles. The number of carbonyl (C=O) groups is 1. The average molecular weight is 357 g/mol. The molecule has 8 nitrogen and oxygen atoms in total. The number of carbonyl (C=O) groups excluding carboxylic acids is 1. The Morgan fingerprint density at radius 2 is 1.83 bits per heavy atom. The Balaban J connectivity index is 2.28. The fourth-order valence-corrected chi connectivity index (χ4v) is 3.97. The monoisotopic (exact) mass is 357 g/mol. The zero-order valence-corrected chi connectivity index (χ0v) is 14.8. The van der Waals surface area contributed by atoms with Gasteiger partial charge >= 0.3 is 0 Å². The van der Waals surface area contributed by atoms with Crippen molar-refractivity contribution in [3.05, 3.63) is 28.7 Å². The zero-order valence-electron chi connectivity index (χ0n) is 14.0. The molecular formula is C15H23N3O5S. The lowest BCUT2D eigenvalue weighted by atomic mass is 10.4. The van der Waals surface area contributed by atoms with Gasteiger partial charge in [-0.3, -0.25) is 9.59 Å². The van der Waals surface area contributed by atoms with Gasteiger partial charge in [-0.2, -0.15) is 4.31 Å². The normalized spacial score (nSPS) is 16.1. The van der Waals surface area contributed by atoms with Crippen LogP contribution in [-0.4, -0.2) is 67.5 Å². The third-order valence-electron chi connectivity index (χ3n) is 3.99. The summed E-state index contributed by atoms with van der Waals surface area (Å²) in [5.41, 5.74) is -0.406. The van der Waals surface area contributed by atoms with Crippen LogP contribution in [-0.2, 0) is 26.1 Å². The molecule has 1 amide bonds. The lowest BCUT2D eigenvalue weighted by Gasteiger charge is -2.26. The van der Waals surface area contributed by atoms with Crippen molar-refractivity contribution < 1.29 is 17.9 Å². The molecule has 9 heteroatoms. The molecule has 0 unspecified atom stereocenters. The predicted molar refractivity (Wildman–Crippen MR) is 88.2 cm³/mol. The molecule has 1 saturated heterocycles. The van der Waals surface area contributed by atoms with Crippen LogP contribution in [0.25, 0.3) is 0 Å². The van der Waals surface area contributed by atoms with Gasteiger partial charge in [0.15, 0.2) is 0 Å². The average Bonchev–Trinajstić information content (AvgIpc) is 2.58. The lowest BCUT2D eigenvalue weighted by Crippen LogP contribution is -2.41. The van der Waals surface area contributed by atoms with Gasteiger partial charge in [-0.25, -0.2) is 8.42 Å². The standard InChI is InChI=1S/C15H23N3O5S/c1-3-16(4-2)15(20)12-17-11-13(5-6-14(17)19)24(21,22)18-7-9-23-10-8-18/h5-6,11H,3-4,7-10,12H2,1-2H3. The van der Waals surface area contributed by atoms with Crippen molar-refractivity contribution in [2.24, 2.45) is 0 Å². The number of likely N-dealkylation sites (N-methyl/N-ethyl adjacent to an activating group) is 1. The van der Waals surface area contributed by atoms with E-state index in [4.69, 9.17) is 4.74 Å². The molecule has 24 heavy (non-hydrogen) atoms. The maximum absolute atomic E-state index is 12.6. The molecule has 1 aliphatic heterocycles. The van der Waals surface area contributed by atoms with E-state index in [1.165, 1.54) is 22.6 Å². The Labute approximate surface area is 141 Å². The molecule has 2 heterocycles. The first kappa shape index (κ1) is 18.6. The Bertz CT molecular complexity index is 734. The van der Waals surface area contributed by atoms with Gasteiger partial charge in [0.1, 0.15) is 6.54 Å². The number of sulfonamides is 1. The van der Waals surface area contributed by atoms with Crippen LogP contribution in [0.1, 0.15) is 13.8 Å². The highest BCUT2D eigenvalue weighted by Crippen LogP contribution is 2.15. The van der Waals surface area contributed by atoms with E-state index in [9.17, 15) is 18.0 Å². The fraction of sp³-hybridized carbons (Fsp3) is 0.600. The van der Waals surface area contributed by atoms with Crippen molar-refractivity contribution >= 4 is 15.9 Å². The minimum Gasteiger partial charge on any atom is -0.379 e. The summed E-state index contributed by atoms with van der Waals surface area (Å²) in [5, 5.41) is 0. The van der Waals surface area contributed by atoms with E-state index in [1.54, 1.807) is 4.90 Å². The van der Waals surface area contributed by atoms with E-state index in [2.05, 4.69) is 0 Å². The number of morpholine rings is 1. The summed E-state index contributed by atoms with van der Waals surface area (Å²) in [6.45, 7) is 5.85. The van der Waals surface area contributed by atoms with Crippen LogP contribution >= 0.6 is 0 Å². The molecule has 1 aliphatic rings. The van der Waals surface area contributed by atoms with Crippen LogP contribution in [0.3, 0.4) is 0 Å². The number of nitrogens with zero attached hydrogens (tertiary/aromatic N) is 3. The molecule has 0 aromatic carbocycles. The number of aromatic nitrogens is 1. The molecular weight excluding hydrogens is 334 g/mol. The van der Waals surface area contributed by atoms with E-state index < -0.39 is 15.6 Å². The SMILES string of the molecule is CCN(CC)C(=O)Cn1cc(S(=O)(=O)N2CCOCC2)ccc1=O. The number of pyridine rings is 1. The number of hydrogen-bond donors (Lipinski definition) is 0. The van der Waals surface area contributed by atoms with Crippen molar-refractivity contribution in [3.8, 4) is 0 Å².